The number of nitrogens with zero attached hydrogens (tertiary/aromatic N) is 3. The molecule has 33 heavy (non-hydrogen) atoms. The number of benzene rings is 2. The lowest BCUT2D eigenvalue weighted by atomic mass is 10.0. The minimum absolute atomic E-state index is 0.210. The lowest BCUT2D eigenvalue weighted by Crippen LogP contribution is -2.27. The maximum atomic E-state index is 14.4. The van der Waals surface area contributed by atoms with Gasteiger partial charge in [-0.25, -0.2) is 4.39 Å². The fourth-order valence-corrected chi connectivity index (χ4v) is 5.03. The Labute approximate surface area is 200 Å². The van der Waals surface area contributed by atoms with E-state index in [1.54, 1.807) is 12.1 Å². The number of anilines is 2. The molecule has 2 fully saturated rings. The van der Waals surface area contributed by atoms with Gasteiger partial charge >= 0.3 is 6.01 Å². The second-order valence-electron chi connectivity index (χ2n) is 8.63. The number of halogens is 2. The monoisotopic (exact) mass is 515 g/mol. The molecule has 0 spiro atoms. The third-order valence-electron chi connectivity index (χ3n) is 6.37. The summed E-state index contributed by atoms with van der Waals surface area (Å²) in [5.41, 5.74) is 1.00. The summed E-state index contributed by atoms with van der Waals surface area (Å²) < 4.78 is 26.3. The number of hydrogen-bond donors (Lipinski definition) is 2. The van der Waals surface area contributed by atoms with E-state index in [1.807, 2.05) is 18.2 Å². The van der Waals surface area contributed by atoms with E-state index in [0.29, 0.717) is 28.1 Å². The number of fused-ring (bicyclic) bond motifs is 2. The summed E-state index contributed by atoms with van der Waals surface area (Å²) in [7, 11) is 1.51. The summed E-state index contributed by atoms with van der Waals surface area (Å²) >= 11 is 3.28. The van der Waals surface area contributed by atoms with Crippen LogP contribution in [0.4, 0.5) is 15.9 Å². The van der Waals surface area contributed by atoms with Crippen LogP contribution in [0.2, 0.25) is 0 Å². The predicted octanol–water partition coefficient (Wildman–Crippen LogP) is 4.20. The van der Waals surface area contributed by atoms with Crippen molar-refractivity contribution < 1.29 is 13.9 Å². The molecule has 7 nitrogen and oxygen atoms in total. The van der Waals surface area contributed by atoms with Crippen LogP contribution >= 0.6 is 15.9 Å². The quantitative estimate of drug-likeness (QED) is 0.435. The normalized spacial score (nSPS) is 20.2. The molecule has 3 aromatic rings. The zero-order valence-electron chi connectivity index (χ0n) is 18.5. The molecule has 174 valence electrons. The number of nitrogens with one attached hydrogen (secondary N) is 2. The van der Waals surface area contributed by atoms with Gasteiger partial charge in [0.15, 0.2) is 0 Å². The van der Waals surface area contributed by atoms with Crippen molar-refractivity contribution in [3.8, 4) is 11.8 Å². The van der Waals surface area contributed by atoms with Crippen LogP contribution in [0, 0.1) is 17.7 Å². The Morgan fingerprint density at radius 1 is 1.15 bits per heavy atom. The lowest BCUT2D eigenvalue weighted by molar-refractivity contribution is 0.254. The molecule has 0 amide bonds. The fraction of sp³-hybridized carbons (Fsp3) is 0.417. The van der Waals surface area contributed by atoms with Crippen molar-refractivity contribution in [2.24, 2.45) is 11.8 Å². The minimum atomic E-state index is -0.385. The van der Waals surface area contributed by atoms with Crippen LogP contribution < -0.4 is 20.1 Å². The molecule has 9 heteroatoms. The van der Waals surface area contributed by atoms with Crippen LogP contribution in [-0.2, 0) is 0 Å². The van der Waals surface area contributed by atoms with Crippen molar-refractivity contribution in [2.45, 2.75) is 6.42 Å². The minimum Gasteiger partial charge on any atom is -0.494 e. The zero-order chi connectivity index (χ0) is 22.8. The topological polar surface area (TPSA) is 71.5 Å². The van der Waals surface area contributed by atoms with E-state index < -0.39 is 0 Å². The molecule has 5 rings (SSSR count). The van der Waals surface area contributed by atoms with Crippen LogP contribution in [0.25, 0.3) is 10.9 Å². The van der Waals surface area contributed by atoms with E-state index in [2.05, 4.69) is 41.4 Å². The van der Waals surface area contributed by atoms with E-state index >= 15 is 0 Å². The second kappa shape index (κ2) is 9.79. The highest BCUT2D eigenvalue weighted by Crippen LogP contribution is 2.31. The third-order valence-corrected chi connectivity index (χ3v) is 6.86. The molecule has 2 aliphatic heterocycles. The maximum absolute atomic E-state index is 14.4. The summed E-state index contributed by atoms with van der Waals surface area (Å²) in [5.74, 6) is 2.43. The Hall–Kier alpha value is -2.49. The highest BCUT2D eigenvalue weighted by Gasteiger charge is 2.35. The van der Waals surface area contributed by atoms with Gasteiger partial charge in [-0.3, -0.25) is 0 Å². The van der Waals surface area contributed by atoms with Gasteiger partial charge in [-0.15, -0.1) is 0 Å². The van der Waals surface area contributed by atoms with Crippen LogP contribution in [0.15, 0.2) is 40.9 Å². The van der Waals surface area contributed by atoms with E-state index in [0.717, 1.165) is 49.0 Å². The highest BCUT2D eigenvalue weighted by atomic mass is 79.9. The van der Waals surface area contributed by atoms with Gasteiger partial charge in [-0.05, 0) is 67.7 Å². The second-order valence-corrected chi connectivity index (χ2v) is 9.54. The molecule has 2 aromatic carbocycles. The molecule has 3 heterocycles. The van der Waals surface area contributed by atoms with Crippen molar-refractivity contribution >= 4 is 38.3 Å². The first kappa shape index (κ1) is 22.3. The zero-order valence-corrected chi connectivity index (χ0v) is 20.1. The third kappa shape index (κ3) is 5.05. The smallest absolute Gasteiger partial charge is 0.318 e. The average molecular weight is 516 g/mol. The van der Waals surface area contributed by atoms with Crippen molar-refractivity contribution in [1.82, 2.24) is 20.2 Å². The molecule has 2 aliphatic rings. The highest BCUT2D eigenvalue weighted by molar-refractivity contribution is 9.10. The Kier molecular flexibility index (Phi) is 6.62. The molecule has 2 unspecified atom stereocenters. The van der Waals surface area contributed by atoms with Gasteiger partial charge in [0.25, 0.3) is 0 Å². The first-order valence-corrected chi connectivity index (χ1v) is 12.0. The standard InChI is InChI=1S/C24H27BrFN5O2/c1-32-24-29-21-6-4-18(33-8-2-7-31-13-15-11-27-12-16(15)14-31)10-19(21)23(30-24)28-22-5-3-17(25)9-20(22)26/h3-6,9-10,15-16,27H,2,7-8,11-14H2,1H3,(H,28,29,30). The largest absolute Gasteiger partial charge is 0.494 e. The summed E-state index contributed by atoms with van der Waals surface area (Å²) in [6.07, 6.45) is 0.971. The molecule has 2 N–H and O–H groups in total. The predicted molar refractivity (Wildman–Crippen MR) is 130 cm³/mol. The number of rotatable bonds is 8. The Morgan fingerprint density at radius 3 is 2.73 bits per heavy atom. The van der Waals surface area contributed by atoms with Gasteiger partial charge in [0.1, 0.15) is 17.4 Å². The molecule has 0 aliphatic carbocycles. The Balaban J connectivity index is 1.27. The van der Waals surface area contributed by atoms with Crippen LogP contribution in [0.1, 0.15) is 6.42 Å². The first-order chi connectivity index (χ1) is 16.1. The summed E-state index contributed by atoms with van der Waals surface area (Å²) in [4.78, 5) is 11.4. The van der Waals surface area contributed by atoms with Gasteiger partial charge in [-0.1, -0.05) is 15.9 Å². The number of likely N-dealkylation sites (tertiary alicyclic amines) is 1. The molecular weight excluding hydrogens is 489 g/mol. The Bertz CT molecular complexity index is 1140. The van der Waals surface area contributed by atoms with Gasteiger partial charge in [0.05, 0.1) is 24.9 Å². The van der Waals surface area contributed by atoms with Gasteiger partial charge in [0.2, 0.25) is 0 Å². The number of methoxy groups -OCH3 is 1. The number of aromatic nitrogens is 2. The molecule has 2 saturated heterocycles. The Morgan fingerprint density at radius 2 is 1.97 bits per heavy atom. The van der Waals surface area contributed by atoms with E-state index in [4.69, 9.17) is 9.47 Å². The van der Waals surface area contributed by atoms with Crippen LogP contribution in [0.5, 0.6) is 11.8 Å². The average Bonchev–Trinajstić information content (AvgIpc) is 3.40. The molecule has 0 saturated carbocycles. The van der Waals surface area contributed by atoms with Crippen LogP contribution in [0.3, 0.4) is 0 Å². The fourth-order valence-electron chi connectivity index (χ4n) is 4.69. The number of ether oxygens (including phenoxy) is 2. The SMILES string of the molecule is COc1nc(Nc2ccc(Br)cc2F)c2cc(OCCCN3CC4CNCC4C3)ccc2n1. The molecule has 2 atom stereocenters. The van der Waals surface area contributed by atoms with Crippen LogP contribution in [-0.4, -0.2) is 61.3 Å². The summed E-state index contributed by atoms with van der Waals surface area (Å²) in [6, 6.07) is 10.7. The molecule has 0 radical (unpaired) electrons. The summed E-state index contributed by atoms with van der Waals surface area (Å²) in [6.45, 7) is 6.38. The van der Waals surface area contributed by atoms with Gasteiger partial charge in [0, 0.05) is 29.5 Å². The van der Waals surface area contributed by atoms with Crippen molar-refractivity contribution in [2.75, 3.05) is 51.8 Å². The number of hydrogen-bond acceptors (Lipinski definition) is 7. The molecule has 0 bridgehead atoms. The van der Waals surface area contributed by atoms with Crippen molar-refractivity contribution in [1.29, 1.82) is 0 Å². The molecular formula is C24H27BrFN5O2. The molecule has 1 aromatic heterocycles. The van der Waals surface area contributed by atoms with Crippen molar-refractivity contribution in [3.05, 3.63) is 46.7 Å². The summed E-state index contributed by atoms with van der Waals surface area (Å²) in [5, 5.41) is 7.29. The van der Waals surface area contributed by atoms with E-state index in [9.17, 15) is 4.39 Å². The lowest BCUT2D eigenvalue weighted by Gasteiger charge is -2.17. The van der Waals surface area contributed by atoms with E-state index in [-0.39, 0.29) is 11.8 Å². The van der Waals surface area contributed by atoms with Gasteiger partial charge < -0.3 is 25.0 Å². The van der Waals surface area contributed by atoms with Crippen molar-refractivity contribution in [3.63, 3.8) is 0 Å². The maximum Gasteiger partial charge on any atom is 0.318 e. The van der Waals surface area contributed by atoms with Gasteiger partial charge in [-0.2, -0.15) is 9.97 Å². The van der Waals surface area contributed by atoms with E-state index in [1.165, 1.54) is 26.3 Å². The first-order valence-electron chi connectivity index (χ1n) is 11.2.